The summed E-state index contributed by atoms with van der Waals surface area (Å²) in [7, 11) is 4.81. The third kappa shape index (κ3) is 4.52. The lowest BCUT2D eigenvalue weighted by Gasteiger charge is -2.19. The van der Waals surface area contributed by atoms with Gasteiger partial charge in [-0.1, -0.05) is 13.3 Å². The molecule has 2 radical (unpaired) electrons. The summed E-state index contributed by atoms with van der Waals surface area (Å²) >= 11 is 0. The highest BCUT2D eigenvalue weighted by molar-refractivity contribution is 6.57. The SMILES string of the molecule is [B]C(=O)N[C@@H](CCC)C(O)C(=O)O. The van der Waals surface area contributed by atoms with E-state index in [2.05, 4.69) is 5.32 Å². The zero-order valence-corrected chi connectivity index (χ0v) is 7.36. The second-order valence-electron chi connectivity index (χ2n) is 2.69. The lowest BCUT2D eigenvalue weighted by atomic mass is 10.0. The van der Waals surface area contributed by atoms with Gasteiger partial charge in [-0.05, 0) is 6.42 Å². The summed E-state index contributed by atoms with van der Waals surface area (Å²) in [6.45, 7) is 1.81. The normalized spacial score (nSPS) is 14.6. The molecule has 0 aromatic rings. The van der Waals surface area contributed by atoms with Gasteiger partial charge in [-0.2, -0.15) is 0 Å². The Labute approximate surface area is 77.5 Å². The fraction of sp³-hybridized carbons (Fsp3) is 0.714. The Hall–Kier alpha value is -1.04. The summed E-state index contributed by atoms with van der Waals surface area (Å²) in [5.74, 6) is -2.20. The summed E-state index contributed by atoms with van der Waals surface area (Å²) in [5, 5.41) is 19.7. The van der Waals surface area contributed by atoms with Gasteiger partial charge in [0.2, 0.25) is 7.85 Å². The highest BCUT2D eigenvalue weighted by Gasteiger charge is 2.25. The van der Waals surface area contributed by atoms with Crippen molar-refractivity contribution < 1.29 is 19.8 Å². The molecule has 2 atom stereocenters. The van der Waals surface area contributed by atoms with Crippen molar-refractivity contribution >= 4 is 19.6 Å². The van der Waals surface area contributed by atoms with E-state index in [9.17, 15) is 9.59 Å². The van der Waals surface area contributed by atoms with Gasteiger partial charge >= 0.3 is 5.97 Å². The zero-order valence-electron chi connectivity index (χ0n) is 7.36. The minimum absolute atomic E-state index is 0.371. The Balaban J connectivity index is 4.22. The van der Waals surface area contributed by atoms with Crippen LogP contribution in [-0.4, -0.2) is 42.0 Å². The van der Waals surface area contributed by atoms with Crippen molar-refractivity contribution in [2.45, 2.75) is 31.9 Å². The Morgan fingerprint density at radius 1 is 1.54 bits per heavy atom. The standard InChI is InChI=1S/C7H12BNO4/c1-2-3-4(9-7(8)13)5(10)6(11)12/h4-5,10H,2-3H2,1H3,(H,9,13)(H,11,12)/t4-,5?/m0/s1. The van der Waals surface area contributed by atoms with E-state index < -0.39 is 23.9 Å². The third-order valence-corrected chi connectivity index (χ3v) is 1.56. The number of aliphatic carboxylic acids is 1. The number of carboxylic acid groups (broad SMARTS) is 1. The maximum Gasteiger partial charge on any atom is 0.334 e. The van der Waals surface area contributed by atoms with E-state index in [-0.39, 0.29) is 0 Å². The average Bonchev–Trinajstić information content (AvgIpc) is 2.01. The first-order valence-corrected chi connectivity index (χ1v) is 3.95. The fourth-order valence-electron chi connectivity index (χ4n) is 0.975. The maximum absolute atomic E-state index is 10.4. The summed E-state index contributed by atoms with van der Waals surface area (Å²) < 4.78 is 0. The molecule has 1 amide bonds. The van der Waals surface area contributed by atoms with Crippen molar-refractivity contribution in [2.75, 3.05) is 0 Å². The second kappa shape index (κ2) is 5.58. The molecule has 0 rings (SSSR count). The molecule has 3 N–H and O–H groups in total. The van der Waals surface area contributed by atoms with Crippen LogP contribution in [0.3, 0.4) is 0 Å². The second-order valence-corrected chi connectivity index (χ2v) is 2.69. The van der Waals surface area contributed by atoms with E-state index in [0.717, 1.165) is 0 Å². The van der Waals surface area contributed by atoms with E-state index in [0.29, 0.717) is 12.8 Å². The number of hydrogen-bond acceptors (Lipinski definition) is 3. The highest BCUT2D eigenvalue weighted by atomic mass is 16.4. The average molecular weight is 185 g/mol. The van der Waals surface area contributed by atoms with Gasteiger partial charge in [-0.15, -0.1) is 0 Å². The molecule has 0 aliphatic heterocycles. The minimum atomic E-state index is -1.60. The lowest BCUT2D eigenvalue weighted by Crippen LogP contribution is -2.46. The molecule has 0 aliphatic rings. The molecule has 0 saturated carbocycles. The van der Waals surface area contributed by atoms with Gasteiger partial charge in [0.25, 0.3) is 0 Å². The predicted molar refractivity (Wildman–Crippen MR) is 46.6 cm³/mol. The predicted octanol–water partition coefficient (Wildman–Crippen LogP) is -0.521. The molecule has 13 heavy (non-hydrogen) atoms. The van der Waals surface area contributed by atoms with E-state index >= 15 is 0 Å². The third-order valence-electron chi connectivity index (χ3n) is 1.56. The van der Waals surface area contributed by atoms with Crippen LogP contribution in [0, 0.1) is 0 Å². The van der Waals surface area contributed by atoms with Crippen molar-refractivity contribution in [3.8, 4) is 0 Å². The maximum atomic E-state index is 10.4. The smallest absolute Gasteiger partial charge is 0.334 e. The van der Waals surface area contributed by atoms with Crippen LogP contribution in [0.25, 0.3) is 0 Å². The van der Waals surface area contributed by atoms with Crippen LogP contribution in [0.2, 0.25) is 0 Å². The molecule has 0 heterocycles. The van der Waals surface area contributed by atoms with Crippen LogP contribution in [0.15, 0.2) is 0 Å². The number of aliphatic hydroxyl groups is 1. The monoisotopic (exact) mass is 185 g/mol. The number of hydrogen-bond donors (Lipinski definition) is 3. The Kier molecular flexibility index (Phi) is 5.14. The van der Waals surface area contributed by atoms with Crippen molar-refractivity contribution in [1.82, 2.24) is 5.32 Å². The Morgan fingerprint density at radius 3 is 2.38 bits per heavy atom. The van der Waals surface area contributed by atoms with Gasteiger partial charge < -0.3 is 15.5 Å². The van der Waals surface area contributed by atoms with E-state index in [1.54, 1.807) is 0 Å². The van der Waals surface area contributed by atoms with Gasteiger partial charge in [0.05, 0.1) is 6.04 Å². The number of aliphatic hydroxyl groups excluding tert-OH is 1. The van der Waals surface area contributed by atoms with Crippen LogP contribution in [-0.2, 0) is 4.79 Å². The molecule has 0 aromatic heterocycles. The first-order chi connectivity index (χ1) is 5.99. The molecule has 1 unspecified atom stereocenters. The molecule has 0 bridgehead atoms. The van der Waals surface area contributed by atoms with Gasteiger partial charge in [0.1, 0.15) is 0 Å². The van der Waals surface area contributed by atoms with Gasteiger partial charge in [-0.3, -0.25) is 4.79 Å². The largest absolute Gasteiger partial charge is 0.479 e. The first kappa shape index (κ1) is 12.0. The van der Waals surface area contributed by atoms with Gasteiger partial charge in [-0.25, -0.2) is 4.79 Å². The number of rotatable bonds is 5. The van der Waals surface area contributed by atoms with Crippen LogP contribution >= 0.6 is 0 Å². The fourth-order valence-corrected chi connectivity index (χ4v) is 0.975. The molecule has 0 spiro atoms. The van der Waals surface area contributed by atoms with E-state index in [1.165, 1.54) is 0 Å². The molecule has 72 valence electrons. The molecule has 5 nitrogen and oxygen atoms in total. The molecule has 0 fully saturated rings. The lowest BCUT2D eigenvalue weighted by molar-refractivity contribution is -0.148. The number of carbonyl (C=O) groups is 2. The molecular formula is C7H12BNO4. The van der Waals surface area contributed by atoms with Gasteiger partial charge in [0.15, 0.2) is 11.9 Å². The number of carbonyl (C=O) groups excluding carboxylic acids is 1. The summed E-state index contributed by atoms with van der Waals surface area (Å²) in [6.07, 6.45) is -0.585. The number of carboxylic acids is 1. The van der Waals surface area contributed by atoms with Crippen molar-refractivity contribution in [3.63, 3.8) is 0 Å². The van der Waals surface area contributed by atoms with E-state index in [1.807, 2.05) is 6.92 Å². The topological polar surface area (TPSA) is 86.6 Å². The summed E-state index contributed by atoms with van der Waals surface area (Å²) in [6, 6.07) is -0.819. The summed E-state index contributed by atoms with van der Waals surface area (Å²) in [5.41, 5.74) is 0. The Bertz CT molecular complexity index is 197. The summed E-state index contributed by atoms with van der Waals surface area (Å²) in [4.78, 5) is 20.8. The van der Waals surface area contributed by atoms with Crippen LogP contribution < -0.4 is 5.32 Å². The van der Waals surface area contributed by atoms with Crippen molar-refractivity contribution in [2.24, 2.45) is 0 Å². The van der Waals surface area contributed by atoms with Crippen molar-refractivity contribution in [1.29, 1.82) is 0 Å². The van der Waals surface area contributed by atoms with Crippen LogP contribution in [0.1, 0.15) is 19.8 Å². The number of amides is 1. The molecule has 6 heteroatoms. The van der Waals surface area contributed by atoms with Crippen LogP contribution in [0.5, 0.6) is 0 Å². The van der Waals surface area contributed by atoms with E-state index in [4.69, 9.17) is 18.1 Å². The molecule has 0 saturated heterocycles. The number of nitrogens with one attached hydrogen (secondary N) is 1. The zero-order chi connectivity index (χ0) is 10.4. The van der Waals surface area contributed by atoms with Gasteiger partial charge in [0, 0.05) is 0 Å². The first-order valence-electron chi connectivity index (χ1n) is 3.95. The molecule has 0 aromatic carbocycles. The quantitative estimate of drug-likeness (QED) is 0.503. The van der Waals surface area contributed by atoms with Crippen molar-refractivity contribution in [3.05, 3.63) is 0 Å². The Morgan fingerprint density at radius 2 is 2.08 bits per heavy atom. The minimum Gasteiger partial charge on any atom is -0.479 e. The molecular weight excluding hydrogens is 173 g/mol. The highest BCUT2D eigenvalue weighted by Crippen LogP contribution is 2.02. The van der Waals surface area contributed by atoms with Crippen LogP contribution in [0.4, 0.5) is 4.79 Å². The molecule has 0 aliphatic carbocycles.